The lowest BCUT2D eigenvalue weighted by molar-refractivity contribution is -0.156. The van der Waals surface area contributed by atoms with E-state index in [0.29, 0.717) is 6.92 Å². The fraction of sp³-hybridized carbons (Fsp3) is 0.250. The van der Waals surface area contributed by atoms with Gasteiger partial charge in [-0.05, 0) is 6.07 Å². The average molecular weight is 322 g/mol. The molecule has 0 aliphatic rings. The van der Waals surface area contributed by atoms with E-state index in [1.165, 1.54) is 12.4 Å². The molecule has 2 heterocycles. The van der Waals surface area contributed by atoms with Gasteiger partial charge in [0.1, 0.15) is 5.15 Å². The number of nitrogens with zero attached hydrogens (tertiary/aromatic N) is 3. The zero-order valence-electron chi connectivity index (χ0n) is 10.5. The Bertz CT molecular complexity index is 637. The molecule has 112 valence electrons. The molecule has 0 fully saturated rings. The van der Waals surface area contributed by atoms with Crippen LogP contribution in [0.25, 0.3) is 11.3 Å². The van der Waals surface area contributed by atoms with Crippen molar-refractivity contribution in [1.82, 2.24) is 15.0 Å². The van der Waals surface area contributed by atoms with E-state index in [9.17, 15) is 17.6 Å². The standard InChI is InChI=1S/C12H8ClF4N3O/c1-12(17,11(15)16)21-10-7(14)2-6(3-20-10)8-4-19-9(13)5-18-8/h2-5,11H,1H3. The summed E-state index contributed by atoms with van der Waals surface area (Å²) in [6.45, 7) is 0.484. The Balaban J connectivity index is 2.27. The highest BCUT2D eigenvalue weighted by atomic mass is 35.5. The molecule has 1 atom stereocenters. The van der Waals surface area contributed by atoms with Crippen LogP contribution in [0.1, 0.15) is 6.92 Å². The number of hydrogen-bond donors (Lipinski definition) is 0. The van der Waals surface area contributed by atoms with Crippen LogP contribution in [0.4, 0.5) is 17.6 Å². The first-order valence-electron chi connectivity index (χ1n) is 5.59. The molecule has 9 heteroatoms. The van der Waals surface area contributed by atoms with E-state index < -0.39 is 24.0 Å². The average Bonchev–Trinajstić information content (AvgIpc) is 2.41. The van der Waals surface area contributed by atoms with Crippen molar-refractivity contribution in [3.8, 4) is 17.1 Å². The SMILES string of the molecule is CC(F)(Oc1ncc(-c2cnc(Cl)cn2)cc1F)C(F)F. The van der Waals surface area contributed by atoms with Crippen LogP contribution < -0.4 is 4.74 Å². The van der Waals surface area contributed by atoms with Gasteiger partial charge in [-0.2, -0.15) is 4.39 Å². The summed E-state index contributed by atoms with van der Waals surface area (Å²) in [4.78, 5) is 11.1. The molecular weight excluding hydrogens is 314 g/mol. The predicted molar refractivity (Wildman–Crippen MR) is 66.4 cm³/mol. The van der Waals surface area contributed by atoms with Gasteiger partial charge in [0.25, 0.3) is 5.88 Å². The van der Waals surface area contributed by atoms with Gasteiger partial charge >= 0.3 is 12.3 Å². The molecule has 0 amide bonds. The zero-order valence-corrected chi connectivity index (χ0v) is 11.3. The number of rotatable bonds is 4. The van der Waals surface area contributed by atoms with Gasteiger partial charge < -0.3 is 4.74 Å². The molecule has 0 radical (unpaired) electrons. The minimum Gasteiger partial charge on any atom is -0.433 e. The highest BCUT2D eigenvalue weighted by Gasteiger charge is 2.38. The minimum absolute atomic E-state index is 0.150. The van der Waals surface area contributed by atoms with Crippen molar-refractivity contribution in [2.45, 2.75) is 19.2 Å². The maximum Gasteiger partial charge on any atom is 0.307 e. The topological polar surface area (TPSA) is 47.9 Å². The lowest BCUT2D eigenvalue weighted by Gasteiger charge is -2.20. The van der Waals surface area contributed by atoms with Gasteiger partial charge in [-0.15, -0.1) is 0 Å². The van der Waals surface area contributed by atoms with Gasteiger partial charge in [0, 0.05) is 18.7 Å². The van der Waals surface area contributed by atoms with E-state index in [2.05, 4.69) is 19.7 Å². The number of aromatic nitrogens is 3. The number of alkyl halides is 3. The first-order valence-corrected chi connectivity index (χ1v) is 5.97. The highest BCUT2D eigenvalue weighted by Crippen LogP contribution is 2.28. The van der Waals surface area contributed by atoms with Gasteiger partial charge in [0.2, 0.25) is 0 Å². The van der Waals surface area contributed by atoms with Crippen LogP contribution in [0.5, 0.6) is 5.88 Å². The van der Waals surface area contributed by atoms with Crippen LogP contribution in [-0.4, -0.2) is 27.2 Å². The third kappa shape index (κ3) is 3.57. The fourth-order valence-electron chi connectivity index (χ4n) is 1.34. The monoisotopic (exact) mass is 321 g/mol. The highest BCUT2D eigenvalue weighted by molar-refractivity contribution is 6.29. The number of pyridine rings is 1. The fourth-order valence-corrected chi connectivity index (χ4v) is 1.43. The molecule has 0 N–H and O–H groups in total. The Morgan fingerprint density at radius 3 is 2.43 bits per heavy atom. The number of hydrogen-bond acceptors (Lipinski definition) is 4. The van der Waals surface area contributed by atoms with Crippen molar-refractivity contribution < 1.29 is 22.3 Å². The van der Waals surface area contributed by atoms with Crippen molar-refractivity contribution in [1.29, 1.82) is 0 Å². The molecule has 21 heavy (non-hydrogen) atoms. The second-order valence-electron chi connectivity index (χ2n) is 4.12. The van der Waals surface area contributed by atoms with Gasteiger partial charge in [-0.25, -0.2) is 23.1 Å². The summed E-state index contributed by atoms with van der Waals surface area (Å²) in [6.07, 6.45) is 0.171. The lowest BCUT2D eigenvalue weighted by atomic mass is 10.2. The summed E-state index contributed by atoms with van der Waals surface area (Å²) >= 11 is 5.56. The summed E-state index contributed by atoms with van der Waals surface area (Å²) in [7, 11) is 0. The molecule has 0 aliphatic heterocycles. The predicted octanol–water partition coefficient (Wildman–Crippen LogP) is 3.66. The van der Waals surface area contributed by atoms with E-state index in [-0.39, 0.29) is 16.4 Å². The van der Waals surface area contributed by atoms with Crippen LogP contribution in [0.3, 0.4) is 0 Å². The summed E-state index contributed by atoms with van der Waals surface area (Å²) < 4.78 is 56.0. The molecule has 4 nitrogen and oxygen atoms in total. The van der Waals surface area contributed by atoms with E-state index >= 15 is 0 Å². The summed E-state index contributed by atoms with van der Waals surface area (Å²) in [6, 6.07) is 0.918. The Hall–Kier alpha value is -1.96. The van der Waals surface area contributed by atoms with Crippen LogP contribution >= 0.6 is 11.6 Å². The Morgan fingerprint density at radius 1 is 1.19 bits per heavy atom. The lowest BCUT2D eigenvalue weighted by Crippen LogP contribution is -2.35. The van der Waals surface area contributed by atoms with E-state index in [4.69, 9.17) is 11.6 Å². The normalized spacial score (nSPS) is 14.0. The van der Waals surface area contributed by atoms with E-state index in [0.717, 1.165) is 12.3 Å². The molecule has 0 spiro atoms. The van der Waals surface area contributed by atoms with Crippen LogP contribution in [0.2, 0.25) is 5.15 Å². The Morgan fingerprint density at radius 2 is 1.90 bits per heavy atom. The minimum atomic E-state index is -3.44. The van der Waals surface area contributed by atoms with Crippen molar-refractivity contribution in [2.75, 3.05) is 0 Å². The maximum atomic E-state index is 13.7. The number of ether oxygens (including phenoxy) is 1. The van der Waals surface area contributed by atoms with Crippen molar-refractivity contribution in [2.24, 2.45) is 0 Å². The molecular formula is C12H8ClF4N3O. The van der Waals surface area contributed by atoms with Crippen molar-refractivity contribution >= 4 is 11.6 Å². The number of halogens is 5. The Labute approximate surface area is 121 Å². The van der Waals surface area contributed by atoms with E-state index in [1.807, 2.05) is 0 Å². The second kappa shape index (κ2) is 5.80. The first-order chi connectivity index (χ1) is 9.79. The molecule has 0 aliphatic carbocycles. The van der Waals surface area contributed by atoms with Crippen LogP contribution in [0, 0.1) is 5.82 Å². The molecule has 2 aromatic rings. The van der Waals surface area contributed by atoms with Gasteiger partial charge in [0.05, 0.1) is 18.1 Å². The van der Waals surface area contributed by atoms with Gasteiger partial charge in [-0.3, -0.25) is 4.98 Å². The molecule has 0 aromatic carbocycles. The molecule has 1 unspecified atom stereocenters. The molecule has 2 rings (SSSR count). The summed E-state index contributed by atoms with van der Waals surface area (Å²) in [5, 5.41) is 0.150. The summed E-state index contributed by atoms with van der Waals surface area (Å²) in [5.74, 6) is -5.31. The molecule has 0 saturated heterocycles. The van der Waals surface area contributed by atoms with Gasteiger partial charge in [-0.1, -0.05) is 11.6 Å². The van der Waals surface area contributed by atoms with Gasteiger partial charge in [0.15, 0.2) is 5.82 Å². The molecule has 2 aromatic heterocycles. The quantitative estimate of drug-likeness (QED) is 0.806. The molecule has 0 bridgehead atoms. The largest absolute Gasteiger partial charge is 0.433 e. The van der Waals surface area contributed by atoms with Crippen LogP contribution in [0.15, 0.2) is 24.7 Å². The third-order valence-corrected chi connectivity index (χ3v) is 2.60. The third-order valence-electron chi connectivity index (χ3n) is 2.41. The van der Waals surface area contributed by atoms with Crippen molar-refractivity contribution in [3.05, 3.63) is 35.6 Å². The summed E-state index contributed by atoms with van der Waals surface area (Å²) in [5.41, 5.74) is 0.468. The van der Waals surface area contributed by atoms with E-state index in [1.54, 1.807) is 0 Å². The second-order valence-corrected chi connectivity index (χ2v) is 4.51. The van der Waals surface area contributed by atoms with Crippen LogP contribution in [-0.2, 0) is 0 Å². The van der Waals surface area contributed by atoms with Crippen molar-refractivity contribution in [3.63, 3.8) is 0 Å². The maximum absolute atomic E-state index is 13.7. The zero-order chi connectivity index (χ0) is 15.6. The smallest absolute Gasteiger partial charge is 0.307 e. The Kier molecular flexibility index (Phi) is 4.26. The first kappa shape index (κ1) is 15.4. The molecule has 0 saturated carbocycles.